The third kappa shape index (κ3) is 4.81. The quantitative estimate of drug-likeness (QED) is 0.759. The number of hydrogen-bond donors (Lipinski definition) is 2. The predicted molar refractivity (Wildman–Crippen MR) is 61.4 cm³/mol. The van der Waals surface area contributed by atoms with Gasteiger partial charge in [0.15, 0.2) is 0 Å². The van der Waals surface area contributed by atoms with Crippen LogP contribution in [-0.2, 0) is 4.74 Å². The molecule has 16 heavy (non-hydrogen) atoms. The average molecular weight is 230 g/mol. The van der Waals surface area contributed by atoms with Crippen LogP contribution in [0.25, 0.3) is 0 Å². The van der Waals surface area contributed by atoms with E-state index in [2.05, 4.69) is 0 Å². The van der Waals surface area contributed by atoms with Gasteiger partial charge in [-0.2, -0.15) is 0 Å². The molecule has 94 valence electrons. The first kappa shape index (κ1) is 13.3. The maximum atomic E-state index is 10.6. The van der Waals surface area contributed by atoms with Gasteiger partial charge in [-0.1, -0.05) is 0 Å². The number of nitrogens with two attached hydrogens (primary N) is 1. The van der Waals surface area contributed by atoms with Gasteiger partial charge in [0.05, 0.1) is 0 Å². The summed E-state index contributed by atoms with van der Waals surface area (Å²) < 4.78 is 5.38. The Morgan fingerprint density at radius 3 is 3.00 bits per heavy atom. The molecular weight excluding hydrogens is 208 g/mol. The molecule has 0 radical (unpaired) electrons. The minimum Gasteiger partial charge on any atom is -0.465 e. The lowest BCUT2D eigenvalue weighted by atomic mass is 9.93. The van der Waals surface area contributed by atoms with Crippen LogP contribution in [0.1, 0.15) is 25.7 Å². The summed E-state index contributed by atoms with van der Waals surface area (Å²) >= 11 is 0. The highest BCUT2D eigenvalue weighted by Gasteiger charge is 2.18. The second-order valence-corrected chi connectivity index (χ2v) is 4.57. The lowest BCUT2D eigenvalue weighted by Gasteiger charge is -2.22. The topological polar surface area (TPSA) is 75.8 Å². The van der Waals surface area contributed by atoms with Crippen LogP contribution in [0.5, 0.6) is 0 Å². The second-order valence-electron chi connectivity index (χ2n) is 4.57. The summed E-state index contributed by atoms with van der Waals surface area (Å²) in [5.41, 5.74) is 5.95. The number of amides is 1. The standard InChI is InChI=1S/C11H22N2O3/c1-13(11(14)15)8-10(12)7-9-3-2-5-16-6-4-9/h9-10H,2-8,12H2,1H3,(H,14,15)/t9?,10-/m0/s1. The summed E-state index contributed by atoms with van der Waals surface area (Å²) in [5.74, 6) is 0.583. The van der Waals surface area contributed by atoms with Crippen molar-refractivity contribution in [3.63, 3.8) is 0 Å². The van der Waals surface area contributed by atoms with Crippen molar-refractivity contribution in [3.8, 4) is 0 Å². The van der Waals surface area contributed by atoms with Crippen molar-refractivity contribution < 1.29 is 14.6 Å². The molecule has 0 aromatic carbocycles. The second kappa shape index (κ2) is 6.70. The number of nitrogens with zero attached hydrogens (tertiary/aromatic N) is 1. The molecule has 3 N–H and O–H groups in total. The van der Waals surface area contributed by atoms with E-state index >= 15 is 0 Å². The molecule has 1 heterocycles. The van der Waals surface area contributed by atoms with E-state index in [1.54, 1.807) is 7.05 Å². The molecule has 0 aliphatic carbocycles. The van der Waals surface area contributed by atoms with Crippen LogP contribution >= 0.6 is 0 Å². The summed E-state index contributed by atoms with van der Waals surface area (Å²) in [5, 5.41) is 8.73. The zero-order valence-corrected chi connectivity index (χ0v) is 9.89. The fraction of sp³-hybridized carbons (Fsp3) is 0.909. The molecule has 1 fully saturated rings. The van der Waals surface area contributed by atoms with Gasteiger partial charge in [0.2, 0.25) is 0 Å². The van der Waals surface area contributed by atoms with E-state index in [1.807, 2.05) is 0 Å². The van der Waals surface area contributed by atoms with Gasteiger partial charge in [-0.15, -0.1) is 0 Å². The fourth-order valence-corrected chi connectivity index (χ4v) is 2.14. The first-order valence-electron chi connectivity index (χ1n) is 5.87. The molecule has 1 unspecified atom stereocenters. The molecule has 0 aromatic heterocycles. The van der Waals surface area contributed by atoms with Gasteiger partial charge in [-0.3, -0.25) is 0 Å². The Morgan fingerprint density at radius 2 is 2.31 bits per heavy atom. The molecule has 0 spiro atoms. The van der Waals surface area contributed by atoms with Crippen LogP contribution in [0.4, 0.5) is 4.79 Å². The minimum absolute atomic E-state index is 0.0656. The number of hydrogen-bond acceptors (Lipinski definition) is 3. The lowest BCUT2D eigenvalue weighted by Crippen LogP contribution is -2.39. The highest BCUT2D eigenvalue weighted by molar-refractivity contribution is 5.64. The summed E-state index contributed by atoms with van der Waals surface area (Å²) in [4.78, 5) is 11.9. The Kier molecular flexibility index (Phi) is 5.55. The Bertz CT molecular complexity index is 215. The van der Waals surface area contributed by atoms with E-state index in [4.69, 9.17) is 15.6 Å². The third-order valence-corrected chi connectivity index (χ3v) is 3.04. The van der Waals surface area contributed by atoms with Crippen LogP contribution in [0, 0.1) is 5.92 Å². The van der Waals surface area contributed by atoms with E-state index in [0.717, 1.165) is 38.9 Å². The normalized spacial score (nSPS) is 23.5. The first-order chi connectivity index (χ1) is 7.59. The minimum atomic E-state index is -0.917. The van der Waals surface area contributed by atoms with Crippen LogP contribution in [0.15, 0.2) is 0 Å². The van der Waals surface area contributed by atoms with E-state index in [-0.39, 0.29) is 6.04 Å². The van der Waals surface area contributed by atoms with E-state index in [0.29, 0.717) is 12.5 Å². The highest BCUT2D eigenvalue weighted by atomic mass is 16.5. The van der Waals surface area contributed by atoms with Crippen LogP contribution in [0.2, 0.25) is 0 Å². The molecule has 1 saturated heterocycles. The highest BCUT2D eigenvalue weighted by Crippen LogP contribution is 2.20. The predicted octanol–water partition coefficient (Wildman–Crippen LogP) is 1.13. The smallest absolute Gasteiger partial charge is 0.407 e. The maximum Gasteiger partial charge on any atom is 0.407 e. The van der Waals surface area contributed by atoms with Crippen LogP contribution in [0.3, 0.4) is 0 Å². The molecule has 5 heteroatoms. The van der Waals surface area contributed by atoms with Gasteiger partial charge < -0.3 is 20.5 Å². The molecule has 0 aromatic rings. The molecule has 5 nitrogen and oxygen atoms in total. The van der Waals surface area contributed by atoms with E-state index in [9.17, 15) is 4.79 Å². The Morgan fingerprint density at radius 1 is 1.56 bits per heavy atom. The van der Waals surface area contributed by atoms with Gasteiger partial charge >= 0.3 is 6.09 Å². The SMILES string of the molecule is CN(C[C@@H](N)CC1CCCOCC1)C(=O)O. The van der Waals surface area contributed by atoms with Crippen molar-refractivity contribution in [1.29, 1.82) is 0 Å². The number of rotatable bonds is 4. The molecule has 2 atom stereocenters. The van der Waals surface area contributed by atoms with E-state index in [1.165, 1.54) is 4.90 Å². The Balaban J connectivity index is 2.26. The summed E-state index contributed by atoms with van der Waals surface area (Å²) in [6.45, 7) is 2.07. The van der Waals surface area contributed by atoms with Gasteiger partial charge in [0.25, 0.3) is 0 Å². The van der Waals surface area contributed by atoms with Crippen LogP contribution < -0.4 is 5.73 Å². The van der Waals surface area contributed by atoms with Gasteiger partial charge in [-0.25, -0.2) is 4.79 Å². The molecule has 1 rings (SSSR count). The first-order valence-corrected chi connectivity index (χ1v) is 5.87. The van der Waals surface area contributed by atoms with Crippen LogP contribution in [-0.4, -0.2) is 48.9 Å². The van der Waals surface area contributed by atoms with E-state index < -0.39 is 6.09 Å². The molecule has 1 aliphatic heterocycles. The molecule has 1 amide bonds. The monoisotopic (exact) mass is 230 g/mol. The maximum absolute atomic E-state index is 10.6. The Labute approximate surface area is 96.6 Å². The zero-order valence-electron chi connectivity index (χ0n) is 9.89. The van der Waals surface area contributed by atoms with Crippen molar-refractivity contribution >= 4 is 6.09 Å². The van der Waals surface area contributed by atoms with Gasteiger partial charge in [-0.05, 0) is 31.6 Å². The van der Waals surface area contributed by atoms with Crippen molar-refractivity contribution in [3.05, 3.63) is 0 Å². The van der Waals surface area contributed by atoms with Crippen molar-refractivity contribution in [1.82, 2.24) is 4.90 Å². The average Bonchev–Trinajstić information content (AvgIpc) is 2.45. The summed E-state index contributed by atoms with van der Waals surface area (Å²) in [7, 11) is 1.55. The third-order valence-electron chi connectivity index (χ3n) is 3.04. The van der Waals surface area contributed by atoms with Gasteiger partial charge in [0.1, 0.15) is 0 Å². The zero-order chi connectivity index (χ0) is 12.0. The number of likely N-dealkylation sites (N-methyl/N-ethyl adjacent to an activating group) is 1. The summed E-state index contributed by atoms with van der Waals surface area (Å²) in [6, 6.07) is -0.0656. The lowest BCUT2D eigenvalue weighted by molar-refractivity contribution is 0.139. The fourth-order valence-electron chi connectivity index (χ4n) is 2.14. The summed E-state index contributed by atoms with van der Waals surface area (Å²) in [6.07, 6.45) is 3.25. The van der Waals surface area contributed by atoms with Gasteiger partial charge in [0, 0.05) is 32.8 Å². The largest absolute Gasteiger partial charge is 0.465 e. The molecule has 0 saturated carbocycles. The number of carbonyl (C=O) groups is 1. The van der Waals surface area contributed by atoms with Crippen molar-refractivity contribution in [2.45, 2.75) is 31.7 Å². The molecular formula is C11H22N2O3. The molecule has 1 aliphatic rings. The Hall–Kier alpha value is -0.810. The number of carboxylic acid groups (broad SMARTS) is 1. The van der Waals surface area contributed by atoms with Crippen molar-refractivity contribution in [2.24, 2.45) is 11.7 Å². The molecule has 0 bridgehead atoms. The van der Waals surface area contributed by atoms with Crippen molar-refractivity contribution in [2.75, 3.05) is 26.8 Å². The number of ether oxygens (including phenoxy) is 1.